The van der Waals surface area contributed by atoms with Gasteiger partial charge in [0.05, 0.1) is 0 Å². The topological polar surface area (TPSA) is 80.2 Å². The fourth-order valence-corrected chi connectivity index (χ4v) is 4.91. The quantitative estimate of drug-likeness (QED) is 0.481. The first-order chi connectivity index (χ1) is 18.1. The molecule has 38 heavy (non-hydrogen) atoms. The van der Waals surface area contributed by atoms with Gasteiger partial charge in [0.2, 0.25) is 11.8 Å². The van der Waals surface area contributed by atoms with E-state index in [0.717, 1.165) is 43.3 Å². The van der Waals surface area contributed by atoms with Gasteiger partial charge in [-0.3, -0.25) is 4.79 Å². The molecule has 2 aliphatic rings. The molecule has 2 aromatic heterocycles. The minimum Gasteiger partial charge on any atom is -0.471 e. The first-order valence-electron chi connectivity index (χ1n) is 13.2. The molecular formula is C28H36F3N5O2. The molecule has 1 amide bonds. The smallest absolute Gasteiger partial charge is 0.278 e. The molecule has 0 aromatic carbocycles. The van der Waals surface area contributed by atoms with Crippen LogP contribution in [-0.4, -0.2) is 69.6 Å². The Hall–Kier alpha value is -3.01. The molecule has 10 heteroatoms. The van der Waals surface area contributed by atoms with Gasteiger partial charge in [-0.2, -0.15) is 0 Å². The van der Waals surface area contributed by atoms with E-state index in [1.807, 2.05) is 6.07 Å². The van der Waals surface area contributed by atoms with Gasteiger partial charge >= 0.3 is 0 Å². The lowest BCUT2D eigenvalue weighted by atomic mass is 9.81. The zero-order chi connectivity index (χ0) is 27.2. The molecule has 0 unspecified atom stereocenters. The predicted molar refractivity (Wildman–Crippen MR) is 139 cm³/mol. The molecular weight excluding hydrogens is 495 g/mol. The van der Waals surface area contributed by atoms with Gasteiger partial charge in [-0.05, 0) is 57.1 Å². The zero-order valence-corrected chi connectivity index (χ0v) is 22.1. The van der Waals surface area contributed by atoms with Gasteiger partial charge in [0.15, 0.2) is 6.61 Å². The summed E-state index contributed by atoms with van der Waals surface area (Å²) in [4.78, 5) is 27.2. The number of pyridine rings is 1. The Kier molecular flexibility index (Phi) is 9.02. The van der Waals surface area contributed by atoms with Crippen LogP contribution in [0.3, 0.4) is 0 Å². The molecule has 2 aromatic rings. The number of alkyl halides is 3. The fraction of sp³-hybridized carbons (Fsp3) is 0.571. The Morgan fingerprint density at radius 2 is 1.92 bits per heavy atom. The molecule has 0 bridgehead atoms. The molecule has 206 valence electrons. The highest BCUT2D eigenvalue weighted by atomic mass is 19.3. The number of nitrogens with zero attached hydrogens (tertiary/aromatic N) is 4. The molecule has 7 nitrogen and oxygen atoms in total. The molecule has 0 spiro atoms. The summed E-state index contributed by atoms with van der Waals surface area (Å²) in [6.07, 6.45) is 10.4. The van der Waals surface area contributed by atoms with Crippen LogP contribution in [0.5, 0.6) is 5.88 Å². The summed E-state index contributed by atoms with van der Waals surface area (Å²) in [6.45, 7) is 4.10. The van der Waals surface area contributed by atoms with Gasteiger partial charge in [-0.15, -0.1) is 0 Å². The molecule has 1 N–H and O–H groups in total. The summed E-state index contributed by atoms with van der Waals surface area (Å²) < 4.78 is 46.9. The molecule has 1 aliphatic carbocycles. The van der Waals surface area contributed by atoms with Crippen molar-refractivity contribution in [1.29, 1.82) is 0 Å². The van der Waals surface area contributed by atoms with Crippen LogP contribution in [0.4, 0.5) is 13.2 Å². The van der Waals surface area contributed by atoms with Crippen molar-refractivity contribution in [3.05, 3.63) is 53.2 Å². The van der Waals surface area contributed by atoms with E-state index >= 15 is 4.39 Å². The number of rotatable bonds is 9. The monoisotopic (exact) mass is 531 g/mol. The summed E-state index contributed by atoms with van der Waals surface area (Å²) >= 11 is 0. The van der Waals surface area contributed by atoms with Gasteiger partial charge in [0, 0.05) is 74.8 Å². The third kappa shape index (κ3) is 8.51. The number of fused-ring (bicyclic) bond motifs is 1. The first-order valence-corrected chi connectivity index (χ1v) is 13.2. The van der Waals surface area contributed by atoms with E-state index in [4.69, 9.17) is 4.74 Å². The Labute approximate surface area is 221 Å². The third-order valence-corrected chi connectivity index (χ3v) is 7.21. The van der Waals surface area contributed by atoms with E-state index in [9.17, 15) is 13.6 Å². The standard InChI is InChI=1S/C28H36F3N5O2/c1-20-32-17-21(18-33-20)3-5-25(37)34-23-7-11-28(31,12-8-23)13-16-36-14-9-22-4-6-26(35-24(22)10-15-36)38-19-27(2,29)30/h3-6,17-18,23H,7-16,19H2,1-2H3,(H,34,37)/b5-3+/t23-,28+. The van der Waals surface area contributed by atoms with E-state index in [1.54, 1.807) is 31.5 Å². The SMILES string of the molecule is Cc1ncc(/C=C/C(=O)N[C@H]2CC[C@](F)(CCN3CCc4ccc(OCC(C)(F)F)nc4CC3)CC2)cn1. The number of hydrogen-bond acceptors (Lipinski definition) is 6. The molecule has 0 saturated heterocycles. The Bertz CT molecular complexity index is 1110. The number of aryl methyl sites for hydroxylation is 1. The van der Waals surface area contributed by atoms with Crippen LogP contribution in [0.1, 0.15) is 61.7 Å². The number of amides is 1. The molecule has 1 fully saturated rings. The lowest BCUT2D eigenvalue weighted by Gasteiger charge is -2.35. The van der Waals surface area contributed by atoms with E-state index in [1.165, 1.54) is 6.08 Å². The summed E-state index contributed by atoms with van der Waals surface area (Å²) in [5.41, 5.74) is 1.46. The second-order valence-electron chi connectivity index (χ2n) is 10.5. The maximum Gasteiger partial charge on any atom is 0.278 e. The Morgan fingerprint density at radius 1 is 1.21 bits per heavy atom. The van der Waals surface area contributed by atoms with Crippen molar-refractivity contribution in [1.82, 2.24) is 25.2 Å². The van der Waals surface area contributed by atoms with Gasteiger partial charge in [0.1, 0.15) is 11.5 Å². The van der Waals surface area contributed by atoms with Crippen molar-refractivity contribution >= 4 is 12.0 Å². The van der Waals surface area contributed by atoms with Crippen LogP contribution in [0, 0.1) is 6.92 Å². The van der Waals surface area contributed by atoms with Crippen molar-refractivity contribution in [3.63, 3.8) is 0 Å². The average Bonchev–Trinajstić information content (AvgIpc) is 3.09. The number of carbonyl (C=O) groups excluding carboxylic acids is 1. The van der Waals surface area contributed by atoms with Crippen LogP contribution in [-0.2, 0) is 17.6 Å². The van der Waals surface area contributed by atoms with Gasteiger partial charge in [0.25, 0.3) is 5.92 Å². The maximum absolute atomic E-state index is 15.6. The normalized spacial score (nSPS) is 22.6. The molecule has 1 saturated carbocycles. The van der Waals surface area contributed by atoms with Crippen molar-refractivity contribution in [2.24, 2.45) is 0 Å². The van der Waals surface area contributed by atoms with Crippen LogP contribution in [0.15, 0.2) is 30.6 Å². The van der Waals surface area contributed by atoms with Crippen LogP contribution in [0.2, 0.25) is 0 Å². The number of hydrogen-bond donors (Lipinski definition) is 1. The maximum atomic E-state index is 15.6. The van der Waals surface area contributed by atoms with Gasteiger partial charge in [-0.25, -0.2) is 28.1 Å². The van der Waals surface area contributed by atoms with E-state index in [-0.39, 0.29) is 17.8 Å². The molecule has 0 radical (unpaired) electrons. The fourth-order valence-electron chi connectivity index (χ4n) is 4.91. The highest BCUT2D eigenvalue weighted by Crippen LogP contribution is 2.35. The summed E-state index contributed by atoms with van der Waals surface area (Å²) in [7, 11) is 0. The number of carbonyl (C=O) groups is 1. The highest BCUT2D eigenvalue weighted by Gasteiger charge is 2.36. The number of nitrogens with one attached hydrogen (secondary N) is 1. The van der Waals surface area contributed by atoms with E-state index < -0.39 is 18.2 Å². The Balaban J connectivity index is 1.19. The van der Waals surface area contributed by atoms with Crippen molar-refractivity contribution < 1.29 is 22.7 Å². The Morgan fingerprint density at radius 3 is 2.63 bits per heavy atom. The van der Waals surface area contributed by atoms with Crippen LogP contribution >= 0.6 is 0 Å². The minimum atomic E-state index is -2.91. The molecule has 4 rings (SSSR count). The van der Waals surface area contributed by atoms with Gasteiger partial charge < -0.3 is 15.0 Å². The number of ether oxygens (including phenoxy) is 1. The molecule has 1 aliphatic heterocycles. The number of halogens is 3. The molecule has 0 atom stereocenters. The lowest BCUT2D eigenvalue weighted by molar-refractivity contribution is -0.117. The van der Waals surface area contributed by atoms with Gasteiger partial charge in [-0.1, -0.05) is 6.07 Å². The molecule has 3 heterocycles. The first kappa shape index (κ1) is 28.0. The van der Waals surface area contributed by atoms with Crippen molar-refractivity contribution in [2.75, 3.05) is 26.2 Å². The highest BCUT2D eigenvalue weighted by molar-refractivity contribution is 5.91. The zero-order valence-electron chi connectivity index (χ0n) is 22.1. The second kappa shape index (κ2) is 12.2. The minimum absolute atomic E-state index is 0.0341. The second-order valence-corrected chi connectivity index (χ2v) is 10.5. The van der Waals surface area contributed by atoms with E-state index in [2.05, 4.69) is 25.2 Å². The predicted octanol–water partition coefficient (Wildman–Crippen LogP) is 4.49. The van der Waals surface area contributed by atoms with Crippen LogP contribution in [0.25, 0.3) is 6.08 Å². The van der Waals surface area contributed by atoms with Crippen molar-refractivity contribution in [3.8, 4) is 5.88 Å². The largest absolute Gasteiger partial charge is 0.471 e. The summed E-state index contributed by atoms with van der Waals surface area (Å²) in [6, 6.07) is 3.50. The van der Waals surface area contributed by atoms with Crippen LogP contribution < -0.4 is 10.1 Å². The average molecular weight is 532 g/mol. The number of aromatic nitrogens is 3. The lowest BCUT2D eigenvalue weighted by Crippen LogP contribution is -2.42. The van der Waals surface area contributed by atoms with E-state index in [0.29, 0.717) is 50.9 Å². The third-order valence-electron chi connectivity index (χ3n) is 7.21. The van der Waals surface area contributed by atoms with Crippen molar-refractivity contribution in [2.45, 2.75) is 76.4 Å². The summed E-state index contributed by atoms with van der Waals surface area (Å²) in [5.74, 6) is -2.22. The summed E-state index contributed by atoms with van der Waals surface area (Å²) in [5, 5.41) is 2.98.